The maximum absolute atomic E-state index is 11.5. The van der Waals surface area contributed by atoms with Crippen molar-refractivity contribution in [3.8, 4) is 11.2 Å². The molecule has 78 valence electrons. The lowest BCUT2D eigenvalue weighted by Crippen LogP contribution is -2.41. The fourth-order valence-electron chi connectivity index (χ4n) is 1.24. The molecular weight excluding hydrogens is 210 g/mol. The van der Waals surface area contributed by atoms with Crippen LogP contribution in [0, 0.1) is 11.2 Å². The van der Waals surface area contributed by atoms with E-state index in [0.29, 0.717) is 13.1 Å². The zero-order chi connectivity index (χ0) is 10.7. The van der Waals surface area contributed by atoms with E-state index in [9.17, 15) is 8.42 Å². The second-order valence-electron chi connectivity index (χ2n) is 3.35. The van der Waals surface area contributed by atoms with Crippen molar-refractivity contribution in [1.82, 2.24) is 4.31 Å². The molecule has 1 heterocycles. The maximum atomic E-state index is 11.5. The molecule has 0 aliphatic carbocycles. The van der Waals surface area contributed by atoms with E-state index in [1.165, 1.54) is 4.31 Å². The van der Waals surface area contributed by atoms with Crippen molar-refractivity contribution in [3.63, 3.8) is 0 Å². The third-order valence-electron chi connectivity index (χ3n) is 2.25. The highest BCUT2D eigenvalue weighted by Crippen LogP contribution is 2.11. The molecule has 0 radical (unpaired) electrons. The minimum Gasteiger partial charge on any atom is -0.198 e. The SMILES string of the molecule is O=S(=O)(C#Cc1ccccc1)N1CCC1. The second-order valence-corrected chi connectivity index (χ2v) is 5.02. The lowest BCUT2D eigenvalue weighted by molar-refractivity contribution is 0.314. The van der Waals surface area contributed by atoms with Gasteiger partial charge in [0.25, 0.3) is 10.0 Å². The fourth-order valence-corrected chi connectivity index (χ4v) is 2.35. The lowest BCUT2D eigenvalue weighted by atomic mass is 10.2. The summed E-state index contributed by atoms with van der Waals surface area (Å²) in [5.41, 5.74) is 0.724. The Balaban J connectivity index is 2.18. The van der Waals surface area contributed by atoms with Crippen molar-refractivity contribution >= 4 is 10.0 Å². The summed E-state index contributed by atoms with van der Waals surface area (Å²) in [6.07, 6.45) is 0.937. The molecule has 0 bridgehead atoms. The molecule has 1 aromatic rings. The number of benzene rings is 1. The van der Waals surface area contributed by atoms with E-state index < -0.39 is 10.0 Å². The van der Waals surface area contributed by atoms with Crippen molar-refractivity contribution in [1.29, 1.82) is 0 Å². The van der Waals surface area contributed by atoms with Crippen LogP contribution >= 0.6 is 0 Å². The highest BCUT2D eigenvalue weighted by Gasteiger charge is 2.25. The fraction of sp³-hybridized carbons (Fsp3) is 0.273. The molecule has 4 heteroatoms. The van der Waals surface area contributed by atoms with E-state index >= 15 is 0 Å². The van der Waals surface area contributed by atoms with Crippen LogP contribution in [0.5, 0.6) is 0 Å². The summed E-state index contributed by atoms with van der Waals surface area (Å²) in [6, 6.07) is 9.12. The van der Waals surface area contributed by atoms with Crippen molar-refractivity contribution in [2.75, 3.05) is 13.1 Å². The van der Waals surface area contributed by atoms with Crippen LogP contribution in [0.1, 0.15) is 12.0 Å². The number of nitrogens with zero attached hydrogens (tertiary/aromatic N) is 1. The van der Waals surface area contributed by atoms with Crippen molar-refractivity contribution in [2.45, 2.75) is 6.42 Å². The second kappa shape index (κ2) is 4.05. The van der Waals surface area contributed by atoms with Gasteiger partial charge < -0.3 is 0 Å². The molecule has 0 aromatic heterocycles. The summed E-state index contributed by atoms with van der Waals surface area (Å²) in [7, 11) is -3.35. The van der Waals surface area contributed by atoms with Gasteiger partial charge in [-0.3, -0.25) is 0 Å². The van der Waals surface area contributed by atoms with Gasteiger partial charge in [0.15, 0.2) is 0 Å². The Morgan fingerprint density at radius 1 is 1.13 bits per heavy atom. The minimum absolute atomic E-state index is 0.603. The standard InChI is InChI=1S/C11H11NO2S/c13-15(14,12-8-4-9-12)10-7-11-5-2-1-3-6-11/h1-3,5-6H,4,8-9H2. The first-order valence-electron chi connectivity index (χ1n) is 4.76. The summed E-state index contributed by atoms with van der Waals surface area (Å²) >= 11 is 0. The molecule has 2 rings (SSSR count). The van der Waals surface area contributed by atoms with Gasteiger partial charge in [0.1, 0.15) is 0 Å². The van der Waals surface area contributed by atoms with E-state index in [1.807, 2.05) is 18.2 Å². The van der Waals surface area contributed by atoms with Crippen LogP contribution in [0.2, 0.25) is 0 Å². The van der Waals surface area contributed by atoms with Crippen LogP contribution < -0.4 is 0 Å². The maximum Gasteiger partial charge on any atom is 0.283 e. The molecule has 1 saturated heterocycles. The molecule has 0 N–H and O–H groups in total. The zero-order valence-electron chi connectivity index (χ0n) is 8.18. The smallest absolute Gasteiger partial charge is 0.198 e. The Hall–Kier alpha value is -1.31. The predicted molar refractivity (Wildman–Crippen MR) is 58.4 cm³/mol. The van der Waals surface area contributed by atoms with Crippen LogP contribution in [0.3, 0.4) is 0 Å². The van der Waals surface area contributed by atoms with Crippen molar-refractivity contribution < 1.29 is 8.42 Å². The van der Waals surface area contributed by atoms with E-state index in [4.69, 9.17) is 0 Å². The number of hydrogen-bond donors (Lipinski definition) is 0. The van der Waals surface area contributed by atoms with Gasteiger partial charge in [0.05, 0.1) is 0 Å². The first-order valence-corrected chi connectivity index (χ1v) is 6.20. The Labute approximate surface area is 89.8 Å². The molecule has 0 amide bonds. The first-order chi connectivity index (χ1) is 7.18. The van der Waals surface area contributed by atoms with E-state index in [-0.39, 0.29) is 0 Å². The van der Waals surface area contributed by atoms with E-state index in [2.05, 4.69) is 11.2 Å². The van der Waals surface area contributed by atoms with Crippen molar-refractivity contribution in [2.24, 2.45) is 0 Å². The summed E-state index contributed by atoms with van der Waals surface area (Å²) in [4.78, 5) is 0. The molecule has 0 unspecified atom stereocenters. The molecule has 1 aliphatic heterocycles. The van der Waals surface area contributed by atoms with Gasteiger partial charge in [-0.1, -0.05) is 18.2 Å². The van der Waals surface area contributed by atoms with Gasteiger partial charge in [-0.2, -0.15) is 12.7 Å². The molecule has 0 spiro atoms. The Bertz CT molecular complexity index is 492. The third-order valence-corrected chi connectivity index (χ3v) is 3.66. The molecular formula is C11H11NO2S. The molecule has 1 aliphatic rings. The average Bonchev–Trinajstić information content (AvgIpc) is 2.13. The summed E-state index contributed by atoms with van der Waals surface area (Å²) in [5.74, 6) is 2.65. The van der Waals surface area contributed by atoms with E-state index in [1.54, 1.807) is 12.1 Å². The third kappa shape index (κ3) is 2.38. The zero-order valence-corrected chi connectivity index (χ0v) is 9.00. The van der Waals surface area contributed by atoms with Gasteiger partial charge in [0, 0.05) is 23.9 Å². The Morgan fingerprint density at radius 3 is 2.33 bits per heavy atom. The highest BCUT2D eigenvalue weighted by atomic mass is 32.2. The van der Waals surface area contributed by atoms with Crippen LogP contribution in [-0.4, -0.2) is 25.8 Å². The molecule has 3 nitrogen and oxygen atoms in total. The summed E-state index contributed by atoms with van der Waals surface area (Å²) in [6.45, 7) is 1.21. The van der Waals surface area contributed by atoms with Crippen LogP contribution in [0.25, 0.3) is 0 Å². The van der Waals surface area contributed by atoms with Gasteiger partial charge in [-0.15, -0.1) is 0 Å². The quantitative estimate of drug-likeness (QED) is 0.664. The molecule has 1 aromatic carbocycles. The highest BCUT2D eigenvalue weighted by molar-refractivity contribution is 7.93. The topological polar surface area (TPSA) is 37.4 Å². The number of hydrogen-bond acceptors (Lipinski definition) is 2. The van der Waals surface area contributed by atoms with Crippen molar-refractivity contribution in [3.05, 3.63) is 35.9 Å². The summed E-state index contributed by atoms with van der Waals surface area (Å²) in [5, 5.41) is 2.33. The first kappa shape index (κ1) is 10.2. The predicted octanol–water partition coefficient (Wildman–Crippen LogP) is 1.03. The van der Waals surface area contributed by atoms with Crippen LogP contribution in [-0.2, 0) is 10.0 Å². The molecule has 0 saturated carbocycles. The normalized spacial score (nSPS) is 16.3. The number of sulfonamides is 1. The Morgan fingerprint density at radius 2 is 1.80 bits per heavy atom. The van der Waals surface area contributed by atoms with Gasteiger partial charge in [-0.25, -0.2) is 0 Å². The van der Waals surface area contributed by atoms with E-state index in [0.717, 1.165) is 12.0 Å². The van der Waals surface area contributed by atoms with Crippen LogP contribution in [0.15, 0.2) is 30.3 Å². The van der Waals surface area contributed by atoms with Gasteiger partial charge in [-0.05, 0) is 24.5 Å². The van der Waals surface area contributed by atoms with Gasteiger partial charge in [0.2, 0.25) is 0 Å². The molecule has 0 atom stereocenters. The minimum atomic E-state index is -3.35. The lowest BCUT2D eigenvalue weighted by Gasteiger charge is -2.26. The van der Waals surface area contributed by atoms with Crippen LogP contribution in [0.4, 0.5) is 0 Å². The monoisotopic (exact) mass is 221 g/mol. The molecule has 1 fully saturated rings. The largest absolute Gasteiger partial charge is 0.283 e. The summed E-state index contributed by atoms with van der Waals surface area (Å²) < 4.78 is 24.5. The Kier molecular flexibility index (Phi) is 2.76. The molecule has 15 heavy (non-hydrogen) atoms. The number of rotatable bonds is 1. The average molecular weight is 221 g/mol. The van der Waals surface area contributed by atoms with Gasteiger partial charge >= 0.3 is 0 Å².